The summed E-state index contributed by atoms with van der Waals surface area (Å²) in [6, 6.07) is 0. The van der Waals surface area contributed by atoms with Crippen molar-refractivity contribution in [3.05, 3.63) is 27.2 Å². The van der Waals surface area contributed by atoms with Crippen LogP contribution in [0.4, 0.5) is 13.2 Å². The lowest BCUT2D eigenvalue weighted by Gasteiger charge is -2.37. The minimum atomic E-state index is -4.67. The predicted octanol–water partition coefficient (Wildman–Crippen LogP) is 2.04. The van der Waals surface area contributed by atoms with Gasteiger partial charge < -0.3 is 9.67 Å². The van der Waals surface area contributed by atoms with E-state index < -0.39 is 35.9 Å². The van der Waals surface area contributed by atoms with Crippen molar-refractivity contribution < 1.29 is 18.3 Å². The zero-order valence-electron chi connectivity index (χ0n) is 16.2. The molecule has 2 aromatic rings. The second kappa shape index (κ2) is 7.06. The summed E-state index contributed by atoms with van der Waals surface area (Å²) in [7, 11) is 1.52. The van der Waals surface area contributed by atoms with E-state index in [4.69, 9.17) is 0 Å². The molecule has 1 aliphatic rings. The topological polar surface area (TPSA) is 82.1 Å². The van der Waals surface area contributed by atoms with Gasteiger partial charge in [0.1, 0.15) is 0 Å². The van der Waals surface area contributed by atoms with Gasteiger partial charge in [-0.15, -0.1) is 0 Å². The van der Waals surface area contributed by atoms with Gasteiger partial charge in [0.2, 0.25) is 0 Å². The van der Waals surface area contributed by atoms with Gasteiger partial charge in [-0.05, 0) is 37.5 Å². The van der Waals surface area contributed by atoms with Gasteiger partial charge in [-0.25, -0.2) is 9.78 Å². The fourth-order valence-corrected chi connectivity index (χ4v) is 3.89. The third kappa shape index (κ3) is 3.49. The first-order chi connectivity index (χ1) is 12.9. The van der Waals surface area contributed by atoms with E-state index in [0.29, 0.717) is 17.7 Å². The Morgan fingerprint density at radius 3 is 2.43 bits per heavy atom. The van der Waals surface area contributed by atoms with Crippen LogP contribution in [-0.2, 0) is 20.1 Å². The second-order valence-corrected chi connectivity index (χ2v) is 8.19. The minimum Gasteiger partial charge on any atom is -0.380 e. The molecule has 7 nitrogen and oxygen atoms in total. The first-order valence-corrected chi connectivity index (χ1v) is 9.38. The number of alkyl halides is 3. The number of hydrogen-bond donors (Lipinski definition) is 1. The molecule has 0 amide bonds. The normalized spacial score (nSPS) is 23.6. The molecule has 0 bridgehead atoms. The highest BCUT2D eigenvalue weighted by Crippen LogP contribution is 2.43. The predicted molar refractivity (Wildman–Crippen MR) is 97.0 cm³/mol. The Morgan fingerprint density at radius 1 is 1.29 bits per heavy atom. The van der Waals surface area contributed by atoms with Crippen molar-refractivity contribution in [2.75, 3.05) is 0 Å². The van der Waals surface area contributed by atoms with Crippen molar-refractivity contribution in [2.45, 2.75) is 64.4 Å². The smallest absolute Gasteiger partial charge is 0.380 e. The lowest BCUT2D eigenvalue weighted by Crippen LogP contribution is -2.49. The van der Waals surface area contributed by atoms with Crippen LogP contribution in [-0.4, -0.2) is 35.6 Å². The lowest BCUT2D eigenvalue weighted by atomic mass is 9.78. The minimum absolute atomic E-state index is 0.0300. The van der Waals surface area contributed by atoms with E-state index in [2.05, 4.69) is 4.98 Å². The van der Waals surface area contributed by atoms with Crippen molar-refractivity contribution in [2.24, 2.45) is 18.9 Å². The Hall–Kier alpha value is -2.10. The molecule has 10 heteroatoms. The van der Waals surface area contributed by atoms with Gasteiger partial charge in [0.25, 0.3) is 5.56 Å². The highest BCUT2D eigenvalue weighted by atomic mass is 19.4. The second-order valence-electron chi connectivity index (χ2n) is 8.19. The molecule has 1 aliphatic carbocycles. The van der Waals surface area contributed by atoms with Gasteiger partial charge >= 0.3 is 11.9 Å². The molecule has 28 heavy (non-hydrogen) atoms. The summed E-state index contributed by atoms with van der Waals surface area (Å²) in [4.78, 5) is 29.8. The number of fused-ring (bicyclic) bond motifs is 1. The number of rotatable bonds is 4. The molecule has 1 saturated carbocycles. The third-order valence-corrected chi connectivity index (χ3v) is 5.56. The van der Waals surface area contributed by atoms with Gasteiger partial charge in [0, 0.05) is 20.1 Å². The van der Waals surface area contributed by atoms with Gasteiger partial charge in [-0.1, -0.05) is 13.8 Å². The molecule has 0 aliphatic heterocycles. The summed E-state index contributed by atoms with van der Waals surface area (Å²) >= 11 is 0. The molecule has 0 aromatic carbocycles. The average Bonchev–Trinajstić information content (AvgIpc) is 3.00. The summed E-state index contributed by atoms with van der Waals surface area (Å²) in [5.41, 5.74) is -3.09. The first-order valence-electron chi connectivity index (χ1n) is 9.38. The highest BCUT2D eigenvalue weighted by molar-refractivity contribution is 5.69. The number of aryl methyl sites for hydroxylation is 1. The van der Waals surface area contributed by atoms with E-state index >= 15 is 0 Å². The van der Waals surface area contributed by atoms with Crippen molar-refractivity contribution in [1.82, 2.24) is 18.7 Å². The SMILES string of the molecule is CC(C)Cn1cnc2c1c(=O)n(C[C@H]1CC[C@@](O)(C(F)(F)F)CC1)c(=O)n2C. The molecule has 0 spiro atoms. The molecule has 0 saturated heterocycles. The lowest BCUT2D eigenvalue weighted by molar-refractivity contribution is -0.272. The Balaban J connectivity index is 1.92. The van der Waals surface area contributed by atoms with Crippen LogP contribution in [0.15, 0.2) is 15.9 Å². The van der Waals surface area contributed by atoms with Crippen LogP contribution >= 0.6 is 0 Å². The molecule has 2 aromatic heterocycles. The molecule has 0 atom stereocenters. The van der Waals surface area contributed by atoms with Crippen molar-refractivity contribution >= 4 is 11.2 Å². The molecule has 1 N–H and O–H groups in total. The molecule has 0 unspecified atom stereocenters. The standard InChI is InChI=1S/C18H25F3N4O3/c1-11(2)8-24-10-22-14-13(24)15(26)25(16(27)23(14)3)9-12-4-6-17(28,7-5-12)18(19,20)21/h10-12,28H,4-9H2,1-3H3/t12-,17-. The number of aromatic nitrogens is 4. The highest BCUT2D eigenvalue weighted by Gasteiger charge is 2.54. The molecule has 156 valence electrons. The Morgan fingerprint density at radius 2 is 1.89 bits per heavy atom. The fourth-order valence-electron chi connectivity index (χ4n) is 3.89. The molecule has 3 rings (SSSR count). The fraction of sp³-hybridized carbons (Fsp3) is 0.722. The van der Waals surface area contributed by atoms with E-state index in [1.54, 1.807) is 4.57 Å². The zero-order valence-corrected chi connectivity index (χ0v) is 16.2. The largest absolute Gasteiger partial charge is 0.417 e. The maximum absolute atomic E-state index is 13.0. The number of hydrogen-bond acceptors (Lipinski definition) is 4. The van der Waals surface area contributed by atoms with Gasteiger partial charge in [-0.3, -0.25) is 13.9 Å². The summed E-state index contributed by atoms with van der Waals surface area (Å²) in [6.07, 6.45) is -3.82. The number of aliphatic hydroxyl groups is 1. The van der Waals surface area contributed by atoms with E-state index in [1.807, 2.05) is 13.8 Å². The zero-order chi connectivity index (χ0) is 20.9. The van der Waals surface area contributed by atoms with Crippen LogP contribution < -0.4 is 11.2 Å². The van der Waals surface area contributed by atoms with E-state index in [1.165, 1.54) is 17.9 Å². The van der Waals surface area contributed by atoms with Crippen LogP contribution in [0.25, 0.3) is 11.2 Å². The van der Waals surface area contributed by atoms with Crippen molar-refractivity contribution in [3.8, 4) is 0 Å². The Kier molecular flexibility index (Phi) is 5.20. The van der Waals surface area contributed by atoms with Crippen molar-refractivity contribution in [1.29, 1.82) is 0 Å². The van der Waals surface area contributed by atoms with Crippen LogP contribution in [0.3, 0.4) is 0 Å². The average molecular weight is 402 g/mol. The summed E-state index contributed by atoms with van der Waals surface area (Å²) in [6.45, 7) is 4.58. The molecule has 1 fully saturated rings. The van der Waals surface area contributed by atoms with Crippen molar-refractivity contribution in [3.63, 3.8) is 0 Å². The summed E-state index contributed by atoms with van der Waals surface area (Å²) in [5.74, 6) is -0.0205. The Bertz CT molecular complexity index is 979. The van der Waals surface area contributed by atoms with E-state index in [0.717, 1.165) is 4.57 Å². The monoisotopic (exact) mass is 402 g/mol. The van der Waals surface area contributed by atoms with Gasteiger partial charge in [-0.2, -0.15) is 13.2 Å². The Labute approximate surface area is 159 Å². The number of imidazole rings is 1. The third-order valence-electron chi connectivity index (χ3n) is 5.56. The van der Waals surface area contributed by atoms with Gasteiger partial charge in [0.05, 0.1) is 6.33 Å². The van der Waals surface area contributed by atoms with Crippen LogP contribution in [0.2, 0.25) is 0 Å². The van der Waals surface area contributed by atoms with Crippen LogP contribution in [0, 0.1) is 11.8 Å². The first kappa shape index (κ1) is 20.6. The van der Waals surface area contributed by atoms with Crippen LogP contribution in [0.1, 0.15) is 39.5 Å². The maximum Gasteiger partial charge on any atom is 0.417 e. The molecule has 2 heterocycles. The van der Waals surface area contributed by atoms with E-state index in [-0.39, 0.29) is 31.2 Å². The molecular formula is C18H25F3N4O3. The molecular weight excluding hydrogens is 377 g/mol. The quantitative estimate of drug-likeness (QED) is 0.849. The summed E-state index contributed by atoms with van der Waals surface area (Å²) in [5, 5.41) is 9.81. The van der Waals surface area contributed by atoms with Gasteiger partial charge in [0.15, 0.2) is 16.8 Å². The number of halogens is 3. The number of nitrogens with zero attached hydrogens (tertiary/aromatic N) is 4. The molecule has 0 radical (unpaired) electrons. The summed E-state index contributed by atoms with van der Waals surface area (Å²) < 4.78 is 43.0. The van der Waals surface area contributed by atoms with E-state index in [9.17, 15) is 27.9 Å². The maximum atomic E-state index is 13.0. The van der Waals surface area contributed by atoms with Crippen LogP contribution in [0.5, 0.6) is 0 Å².